The first-order chi connectivity index (χ1) is 22.0. The Morgan fingerprint density at radius 1 is 0.870 bits per heavy atom. The molecule has 4 aromatic carbocycles. The maximum atomic E-state index is 14.3. The number of benzene rings is 4. The average Bonchev–Trinajstić information content (AvgIpc) is 3.76. The minimum absolute atomic E-state index is 0. The average molecular weight is 621 g/mol. The van der Waals surface area contributed by atoms with Gasteiger partial charge in [0.2, 0.25) is 5.91 Å². The molecule has 2 saturated heterocycles. The number of piperidine rings is 1. The van der Waals surface area contributed by atoms with Crippen molar-refractivity contribution in [2.45, 2.75) is 51.2 Å². The van der Waals surface area contributed by atoms with Crippen molar-refractivity contribution in [2.24, 2.45) is 0 Å². The van der Waals surface area contributed by atoms with Crippen molar-refractivity contribution in [1.29, 1.82) is 0 Å². The molecule has 0 unspecified atom stereocenters. The molecule has 3 aliphatic rings. The van der Waals surface area contributed by atoms with E-state index in [0.717, 1.165) is 25.2 Å². The van der Waals surface area contributed by atoms with Crippen LogP contribution in [0.4, 0.5) is 14.5 Å². The summed E-state index contributed by atoms with van der Waals surface area (Å²) in [4.78, 5) is 21.0. The summed E-state index contributed by atoms with van der Waals surface area (Å²) in [5.41, 5.74) is 4.29. The highest BCUT2D eigenvalue weighted by Crippen LogP contribution is 2.45. The molecule has 1 amide bonds. The molecule has 0 N–H and O–H groups in total. The third kappa shape index (κ3) is 5.12. The van der Waals surface area contributed by atoms with Gasteiger partial charge in [0.25, 0.3) is 0 Å². The van der Waals surface area contributed by atoms with Crippen molar-refractivity contribution in [2.75, 3.05) is 31.2 Å². The van der Waals surface area contributed by atoms with Crippen LogP contribution in [0.25, 0.3) is 22.0 Å². The first-order valence-electron chi connectivity index (χ1n) is 15.7. The van der Waals surface area contributed by atoms with E-state index in [-0.39, 0.29) is 25.0 Å². The number of carbonyl (C=O) groups is 1. The van der Waals surface area contributed by atoms with E-state index >= 15 is 0 Å². The van der Waals surface area contributed by atoms with Crippen molar-refractivity contribution in [3.8, 4) is 11.3 Å². The van der Waals surface area contributed by atoms with Gasteiger partial charge in [-0.2, -0.15) is 0 Å². The Kier molecular flexibility index (Phi) is 7.80. The predicted octanol–water partition coefficient (Wildman–Crippen LogP) is 6.84. The number of halogens is 2. The van der Waals surface area contributed by atoms with Crippen molar-refractivity contribution in [3.63, 3.8) is 0 Å². The Hall–Kier alpha value is -4.63. The summed E-state index contributed by atoms with van der Waals surface area (Å²) in [6, 6.07) is 26.3. The summed E-state index contributed by atoms with van der Waals surface area (Å²) >= 11 is 0. The van der Waals surface area contributed by atoms with E-state index in [9.17, 15) is 13.6 Å². The third-order valence-corrected chi connectivity index (χ3v) is 9.99. The van der Waals surface area contributed by atoms with Crippen LogP contribution in [-0.4, -0.2) is 62.5 Å². The van der Waals surface area contributed by atoms with Crippen molar-refractivity contribution >= 4 is 22.4 Å². The largest absolute Gasteiger partial charge is 0.339 e. The van der Waals surface area contributed by atoms with Crippen LogP contribution in [0.2, 0.25) is 0 Å². The summed E-state index contributed by atoms with van der Waals surface area (Å²) in [6.45, 7) is 3.24. The number of anilines is 1. The van der Waals surface area contributed by atoms with Gasteiger partial charge in [0.05, 0.1) is 12.9 Å². The highest BCUT2D eigenvalue weighted by atomic mass is 19.1. The van der Waals surface area contributed by atoms with Crippen molar-refractivity contribution < 1.29 is 13.6 Å². The molecule has 1 spiro atoms. The molecule has 7 nitrogen and oxygen atoms in total. The molecule has 9 heteroatoms. The van der Waals surface area contributed by atoms with Crippen molar-refractivity contribution in [3.05, 3.63) is 114 Å². The molecule has 8 rings (SSSR count). The molecule has 1 aromatic heterocycles. The molecule has 46 heavy (non-hydrogen) atoms. The number of amides is 1. The lowest BCUT2D eigenvalue weighted by Gasteiger charge is -2.45. The molecule has 2 aliphatic heterocycles. The molecular formula is C37H38F2N6O. The number of hydrogen-bond acceptors (Lipinski definition) is 5. The second-order valence-electron chi connectivity index (χ2n) is 12.5. The Morgan fingerprint density at radius 2 is 1.63 bits per heavy atom. The lowest BCUT2D eigenvalue weighted by atomic mass is 9.84. The van der Waals surface area contributed by atoms with Crippen LogP contribution in [-0.2, 0) is 17.8 Å². The van der Waals surface area contributed by atoms with Gasteiger partial charge in [-0.05, 0) is 84.0 Å². The zero-order valence-corrected chi connectivity index (χ0v) is 24.9. The fourth-order valence-corrected chi connectivity index (χ4v) is 7.74. The van der Waals surface area contributed by atoms with Gasteiger partial charge in [-0.3, -0.25) is 14.4 Å². The van der Waals surface area contributed by atoms with Gasteiger partial charge >= 0.3 is 0 Å². The maximum Gasteiger partial charge on any atom is 0.250 e. The van der Waals surface area contributed by atoms with Gasteiger partial charge < -0.3 is 9.80 Å². The zero-order valence-electron chi connectivity index (χ0n) is 24.9. The predicted molar refractivity (Wildman–Crippen MR) is 176 cm³/mol. The monoisotopic (exact) mass is 620 g/mol. The van der Waals surface area contributed by atoms with E-state index in [1.165, 1.54) is 46.2 Å². The van der Waals surface area contributed by atoms with E-state index in [2.05, 4.69) is 56.5 Å². The molecule has 236 valence electrons. The van der Waals surface area contributed by atoms with E-state index < -0.39 is 5.54 Å². The first-order valence-corrected chi connectivity index (χ1v) is 15.7. The maximum absolute atomic E-state index is 14.3. The number of hydrogen-bond donors (Lipinski definition) is 0. The number of aromatic nitrogens is 3. The lowest BCUT2D eigenvalue weighted by Crippen LogP contribution is -2.57. The standard InChI is InChI=1S/C36H34F2N6O.CH4/c37-28-11-13-30(14-12-28)44-24-42(17-4-18-43-23-32(39-40-43)26-7-2-9-29(38)21-26)35(45)36(44)15-19-41(20-16-36)33-22-27-8-1-5-25-6-3-10-31(33)34(25)27;/h1-3,5-14,21,23,33H,4,15-20,22,24H2;1H4/t33-;/m1./s1. The molecule has 5 aromatic rings. The molecule has 3 heterocycles. The molecule has 0 bridgehead atoms. The Morgan fingerprint density at radius 3 is 2.41 bits per heavy atom. The molecule has 1 aliphatic carbocycles. The van der Waals surface area contributed by atoms with Gasteiger partial charge in [-0.1, -0.05) is 61.2 Å². The van der Waals surface area contributed by atoms with Gasteiger partial charge in [0, 0.05) is 43.5 Å². The summed E-state index contributed by atoms with van der Waals surface area (Å²) in [6.07, 6.45) is 4.92. The molecule has 2 fully saturated rings. The van der Waals surface area contributed by atoms with Crippen LogP contribution in [0, 0.1) is 11.6 Å². The fraction of sp³-hybridized carbons (Fsp3) is 0.324. The number of nitrogens with zero attached hydrogens (tertiary/aromatic N) is 6. The molecule has 0 radical (unpaired) electrons. The van der Waals surface area contributed by atoms with Gasteiger partial charge in [0.15, 0.2) is 0 Å². The lowest BCUT2D eigenvalue weighted by molar-refractivity contribution is -0.133. The highest BCUT2D eigenvalue weighted by molar-refractivity contribution is 5.94. The second kappa shape index (κ2) is 11.9. The minimum atomic E-state index is -0.663. The van der Waals surface area contributed by atoms with Crippen LogP contribution in [0.1, 0.15) is 43.9 Å². The number of likely N-dealkylation sites (tertiary alicyclic amines) is 1. The van der Waals surface area contributed by atoms with Crippen LogP contribution < -0.4 is 4.90 Å². The number of carbonyl (C=O) groups excluding carboxylic acids is 1. The summed E-state index contributed by atoms with van der Waals surface area (Å²) in [7, 11) is 0. The molecule has 0 saturated carbocycles. The van der Waals surface area contributed by atoms with Crippen LogP contribution in [0.3, 0.4) is 0 Å². The minimum Gasteiger partial charge on any atom is -0.339 e. The summed E-state index contributed by atoms with van der Waals surface area (Å²) < 4.78 is 29.3. The van der Waals surface area contributed by atoms with E-state index in [1.54, 1.807) is 28.9 Å². The van der Waals surface area contributed by atoms with Crippen LogP contribution in [0.15, 0.2) is 91.1 Å². The topological polar surface area (TPSA) is 57.5 Å². The quantitative estimate of drug-likeness (QED) is 0.200. The Balaban J connectivity index is 0.00000338. The highest BCUT2D eigenvalue weighted by Gasteiger charge is 2.54. The number of rotatable bonds is 7. The third-order valence-electron chi connectivity index (χ3n) is 9.99. The van der Waals surface area contributed by atoms with Gasteiger partial charge in [-0.25, -0.2) is 8.78 Å². The van der Waals surface area contributed by atoms with E-state index in [0.29, 0.717) is 56.3 Å². The SMILES string of the molecule is C.O=C1N(CCCn2cc(-c3cccc(F)c3)nn2)CN(c2ccc(F)cc2)C12CCN([C@@H]1Cc3cccc4cccc1c34)CC2. The molecular weight excluding hydrogens is 582 g/mol. The van der Waals surface area contributed by atoms with E-state index in [4.69, 9.17) is 0 Å². The van der Waals surface area contributed by atoms with Crippen LogP contribution in [0.5, 0.6) is 0 Å². The normalized spacial score (nSPS) is 18.9. The van der Waals surface area contributed by atoms with Gasteiger partial charge in [-0.15, -0.1) is 5.10 Å². The molecule has 1 atom stereocenters. The second-order valence-corrected chi connectivity index (χ2v) is 12.5. The van der Waals surface area contributed by atoms with Gasteiger partial charge in [0.1, 0.15) is 22.9 Å². The number of aryl methyl sites for hydroxylation is 1. The van der Waals surface area contributed by atoms with Crippen LogP contribution >= 0.6 is 0 Å². The fourth-order valence-electron chi connectivity index (χ4n) is 7.74. The van der Waals surface area contributed by atoms with Crippen molar-refractivity contribution in [1.82, 2.24) is 24.8 Å². The first kappa shape index (κ1) is 30.0. The Labute approximate surface area is 268 Å². The van der Waals surface area contributed by atoms with E-state index in [1.807, 2.05) is 11.1 Å². The summed E-state index contributed by atoms with van der Waals surface area (Å²) in [5.74, 6) is -0.460. The Bertz CT molecular complexity index is 1880. The smallest absolute Gasteiger partial charge is 0.250 e. The zero-order chi connectivity index (χ0) is 30.5. The summed E-state index contributed by atoms with van der Waals surface area (Å²) in [5, 5.41) is 11.1.